The van der Waals surface area contributed by atoms with Gasteiger partial charge in [0.05, 0.1) is 18.9 Å². The third kappa shape index (κ3) is 6.73. The summed E-state index contributed by atoms with van der Waals surface area (Å²) in [5.74, 6) is -1.90. The molecule has 0 radical (unpaired) electrons. The maximum Gasteiger partial charge on any atom is 0.326 e. The average Bonchev–Trinajstić information content (AvgIpc) is 3.40. The van der Waals surface area contributed by atoms with Gasteiger partial charge >= 0.3 is 5.97 Å². The number of imidazole rings is 1. The lowest BCUT2D eigenvalue weighted by molar-refractivity contribution is -0.144. The van der Waals surface area contributed by atoms with E-state index in [2.05, 4.69) is 20.6 Å². The first-order valence-corrected chi connectivity index (χ1v) is 11.0. The average molecular weight is 441 g/mol. The van der Waals surface area contributed by atoms with Gasteiger partial charge in [-0.15, -0.1) is 0 Å². The molecule has 3 atom stereocenters. The molecule has 1 aliphatic heterocycles. The van der Waals surface area contributed by atoms with Crippen LogP contribution in [0.15, 0.2) is 12.5 Å². The fraction of sp³-hybridized carbons (Fsp3) is 0.611. The van der Waals surface area contributed by atoms with Gasteiger partial charge in [-0.25, -0.2) is 9.78 Å². The minimum Gasteiger partial charge on any atom is -0.480 e. The van der Waals surface area contributed by atoms with Crippen LogP contribution in [0.1, 0.15) is 25.0 Å². The SMILES string of the molecule is CSCCC(NC(=O)C1CCCN1C(=O)CNC(=O)C(N)Cc1cnc[nH]1)C(=O)O. The predicted octanol–water partition coefficient (Wildman–Crippen LogP) is -1.29. The number of aromatic amines is 1. The van der Waals surface area contributed by atoms with E-state index in [1.807, 2.05) is 6.26 Å². The van der Waals surface area contributed by atoms with Crippen LogP contribution in [0.2, 0.25) is 0 Å². The van der Waals surface area contributed by atoms with Crippen molar-refractivity contribution in [2.45, 2.75) is 43.8 Å². The number of carboxylic acids is 1. The number of H-pyrrole nitrogens is 1. The quantitative estimate of drug-likeness (QED) is 0.283. The Hall–Kier alpha value is -2.60. The molecule has 0 aliphatic carbocycles. The van der Waals surface area contributed by atoms with Gasteiger partial charge in [0, 0.05) is 24.9 Å². The summed E-state index contributed by atoms with van der Waals surface area (Å²) < 4.78 is 0. The number of aliphatic carboxylic acids is 1. The number of nitrogens with zero attached hydrogens (tertiary/aromatic N) is 2. The third-order valence-corrected chi connectivity index (χ3v) is 5.49. The van der Waals surface area contributed by atoms with Gasteiger partial charge in [-0.2, -0.15) is 11.8 Å². The normalized spacial score (nSPS) is 17.9. The second-order valence-electron chi connectivity index (χ2n) is 7.03. The van der Waals surface area contributed by atoms with Crippen LogP contribution in [0.25, 0.3) is 0 Å². The lowest BCUT2D eigenvalue weighted by atomic mass is 10.1. The lowest BCUT2D eigenvalue weighted by Crippen LogP contribution is -2.53. The Labute approximate surface area is 178 Å². The number of amides is 3. The molecular weight excluding hydrogens is 412 g/mol. The zero-order valence-corrected chi connectivity index (χ0v) is 17.6. The highest BCUT2D eigenvalue weighted by atomic mass is 32.2. The van der Waals surface area contributed by atoms with E-state index >= 15 is 0 Å². The van der Waals surface area contributed by atoms with Crippen LogP contribution in [0.4, 0.5) is 0 Å². The van der Waals surface area contributed by atoms with E-state index in [9.17, 15) is 24.3 Å². The molecule has 2 heterocycles. The molecule has 166 valence electrons. The predicted molar refractivity (Wildman–Crippen MR) is 111 cm³/mol. The van der Waals surface area contributed by atoms with Crippen molar-refractivity contribution in [1.29, 1.82) is 0 Å². The van der Waals surface area contributed by atoms with E-state index in [0.717, 1.165) is 0 Å². The molecule has 3 amide bonds. The van der Waals surface area contributed by atoms with Gasteiger partial charge < -0.3 is 31.4 Å². The van der Waals surface area contributed by atoms with Crippen LogP contribution in [0.5, 0.6) is 0 Å². The molecule has 0 aromatic carbocycles. The fourth-order valence-corrected chi connectivity index (χ4v) is 3.69. The molecule has 1 aromatic heterocycles. The number of likely N-dealkylation sites (tertiary alicyclic amines) is 1. The summed E-state index contributed by atoms with van der Waals surface area (Å²) >= 11 is 1.49. The summed E-state index contributed by atoms with van der Waals surface area (Å²) in [5.41, 5.74) is 6.54. The molecular formula is C18H28N6O5S. The van der Waals surface area contributed by atoms with Gasteiger partial charge in [-0.1, -0.05) is 0 Å². The van der Waals surface area contributed by atoms with Crippen molar-refractivity contribution in [3.63, 3.8) is 0 Å². The standard InChI is InChI=1S/C18H28N6O5S/c1-30-6-4-13(18(28)29)23-17(27)14-3-2-5-24(14)15(25)9-21-16(26)12(19)7-11-8-20-10-22-11/h8,10,12-14H,2-7,9,19H2,1H3,(H,20,22)(H,21,26)(H,23,27)(H,28,29). The van der Waals surface area contributed by atoms with E-state index in [-0.39, 0.29) is 13.0 Å². The smallest absolute Gasteiger partial charge is 0.326 e. The number of carboxylic acid groups (broad SMARTS) is 1. The Morgan fingerprint density at radius 1 is 1.43 bits per heavy atom. The first kappa shape index (κ1) is 23.7. The van der Waals surface area contributed by atoms with Crippen LogP contribution < -0.4 is 16.4 Å². The Balaban J connectivity index is 1.86. The van der Waals surface area contributed by atoms with Crippen molar-refractivity contribution in [1.82, 2.24) is 25.5 Å². The monoisotopic (exact) mass is 440 g/mol. The third-order valence-electron chi connectivity index (χ3n) is 4.85. The molecule has 6 N–H and O–H groups in total. The Morgan fingerprint density at radius 2 is 2.20 bits per heavy atom. The zero-order chi connectivity index (χ0) is 22.1. The van der Waals surface area contributed by atoms with Gasteiger partial charge in [0.1, 0.15) is 12.1 Å². The van der Waals surface area contributed by atoms with Gasteiger partial charge in [-0.05, 0) is 31.3 Å². The van der Waals surface area contributed by atoms with E-state index in [1.165, 1.54) is 23.0 Å². The van der Waals surface area contributed by atoms with E-state index < -0.39 is 41.8 Å². The van der Waals surface area contributed by atoms with Gasteiger partial charge in [0.2, 0.25) is 17.7 Å². The van der Waals surface area contributed by atoms with Crippen LogP contribution in [-0.2, 0) is 25.6 Å². The summed E-state index contributed by atoms with van der Waals surface area (Å²) in [6.07, 6.45) is 6.52. The summed E-state index contributed by atoms with van der Waals surface area (Å²) in [4.78, 5) is 56.7. The molecule has 0 spiro atoms. The lowest BCUT2D eigenvalue weighted by Gasteiger charge is -2.26. The number of carbonyl (C=O) groups excluding carboxylic acids is 3. The molecule has 11 nitrogen and oxygen atoms in total. The molecule has 1 saturated heterocycles. The number of carbonyl (C=O) groups is 4. The van der Waals surface area contributed by atoms with Crippen LogP contribution in [-0.4, -0.2) is 86.9 Å². The number of thioether (sulfide) groups is 1. The maximum atomic E-state index is 12.6. The number of nitrogens with one attached hydrogen (secondary N) is 3. The molecule has 0 bridgehead atoms. The molecule has 12 heteroatoms. The second-order valence-corrected chi connectivity index (χ2v) is 8.02. The highest BCUT2D eigenvalue weighted by molar-refractivity contribution is 7.98. The minimum absolute atomic E-state index is 0.251. The number of rotatable bonds is 11. The fourth-order valence-electron chi connectivity index (χ4n) is 3.22. The van der Waals surface area contributed by atoms with Gasteiger partial charge in [-0.3, -0.25) is 14.4 Å². The Morgan fingerprint density at radius 3 is 2.83 bits per heavy atom. The van der Waals surface area contributed by atoms with Crippen LogP contribution in [0.3, 0.4) is 0 Å². The van der Waals surface area contributed by atoms with Crippen LogP contribution >= 0.6 is 11.8 Å². The molecule has 1 aliphatic rings. The van der Waals surface area contributed by atoms with Crippen molar-refractivity contribution in [2.75, 3.05) is 25.1 Å². The molecule has 0 saturated carbocycles. The second kappa shape index (κ2) is 11.6. The molecule has 1 fully saturated rings. The number of hydrogen-bond donors (Lipinski definition) is 5. The van der Waals surface area contributed by atoms with Crippen molar-refractivity contribution >= 4 is 35.5 Å². The summed E-state index contributed by atoms with van der Waals surface area (Å²) in [7, 11) is 0. The van der Waals surface area contributed by atoms with E-state index in [1.54, 1.807) is 6.20 Å². The summed E-state index contributed by atoms with van der Waals surface area (Å²) in [5, 5.41) is 14.3. The molecule has 2 rings (SSSR count). The molecule has 1 aromatic rings. The topological polar surface area (TPSA) is 171 Å². The van der Waals surface area contributed by atoms with Gasteiger partial charge in [0.25, 0.3) is 0 Å². The molecule has 30 heavy (non-hydrogen) atoms. The van der Waals surface area contributed by atoms with Crippen molar-refractivity contribution in [2.24, 2.45) is 5.73 Å². The minimum atomic E-state index is -1.10. The largest absolute Gasteiger partial charge is 0.480 e. The molecule has 3 unspecified atom stereocenters. The Bertz CT molecular complexity index is 743. The highest BCUT2D eigenvalue weighted by Crippen LogP contribution is 2.18. The van der Waals surface area contributed by atoms with Gasteiger partial charge in [0.15, 0.2) is 0 Å². The van der Waals surface area contributed by atoms with Crippen molar-refractivity contribution in [3.05, 3.63) is 18.2 Å². The number of hydrogen-bond acceptors (Lipinski definition) is 7. The Kier molecular flexibility index (Phi) is 9.12. The zero-order valence-electron chi connectivity index (χ0n) is 16.8. The van der Waals surface area contributed by atoms with E-state index in [0.29, 0.717) is 37.3 Å². The number of aromatic nitrogens is 2. The summed E-state index contributed by atoms with van der Waals surface area (Å²) in [6, 6.07) is -2.59. The first-order valence-electron chi connectivity index (χ1n) is 9.65. The van der Waals surface area contributed by atoms with Crippen molar-refractivity contribution < 1.29 is 24.3 Å². The first-order chi connectivity index (χ1) is 14.3. The highest BCUT2D eigenvalue weighted by Gasteiger charge is 2.35. The maximum absolute atomic E-state index is 12.6. The summed E-state index contributed by atoms with van der Waals surface area (Å²) in [6.45, 7) is 0.0870. The van der Waals surface area contributed by atoms with Crippen LogP contribution in [0, 0.1) is 0 Å². The van der Waals surface area contributed by atoms with E-state index in [4.69, 9.17) is 5.73 Å². The van der Waals surface area contributed by atoms with Crippen molar-refractivity contribution in [3.8, 4) is 0 Å². The number of nitrogens with two attached hydrogens (primary N) is 1.